The Morgan fingerprint density at radius 3 is 2.49 bits per heavy atom. The molecule has 0 radical (unpaired) electrons. The van der Waals surface area contributed by atoms with Crippen LogP contribution in [0.15, 0.2) is 53.5 Å². The van der Waals surface area contributed by atoms with Gasteiger partial charge in [0, 0.05) is 48.0 Å². The van der Waals surface area contributed by atoms with Gasteiger partial charge in [0.05, 0.1) is 13.3 Å². The fourth-order valence-corrected chi connectivity index (χ4v) is 3.89. The van der Waals surface area contributed by atoms with Gasteiger partial charge in [0.1, 0.15) is 17.6 Å². The number of rotatable bonds is 9. The number of ketones is 1. The minimum atomic E-state index is -0.971. The van der Waals surface area contributed by atoms with Crippen molar-refractivity contribution >= 4 is 29.0 Å². The van der Waals surface area contributed by atoms with Crippen molar-refractivity contribution in [3.63, 3.8) is 0 Å². The third-order valence-corrected chi connectivity index (χ3v) is 5.82. The maximum atomic E-state index is 14.0. The SMILES string of the molecule is COCCC(C(=O)Nc1ccc(C)c(F)c1)n1cc(OC)c(-c2cc(Cl)ccc2C(C)=O)cc1=O. The first-order chi connectivity index (χ1) is 16.7. The van der Waals surface area contributed by atoms with Gasteiger partial charge in [-0.2, -0.15) is 0 Å². The number of methoxy groups -OCH3 is 2. The fourth-order valence-electron chi connectivity index (χ4n) is 3.71. The zero-order valence-electron chi connectivity index (χ0n) is 19.9. The van der Waals surface area contributed by atoms with E-state index in [1.807, 2.05) is 0 Å². The molecule has 0 saturated carbocycles. The third-order valence-electron chi connectivity index (χ3n) is 5.59. The van der Waals surface area contributed by atoms with Gasteiger partial charge in [-0.3, -0.25) is 19.0 Å². The van der Waals surface area contributed by atoms with E-state index in [9.17, 15) is 18.8 Å². The lowest BCUT2D eigenvalue weighted by molar-refractivity contribution is -0.119. The molecule has 0 saturated heterocycles. The van der Waals surface area contributed by atoms with E-state index in [-0.39, 0.29) is 30.2 Å². The van der Waals surface area contributed by atoms with Crippen LogP contribution in [0.1, 0.15) is 35.3 Å². The Labute approximate surface area is 207 Å². The quantitative estimate of drug-likeness (QED) is 0.416. The maximum absolute atomic E-state index is 14.0. The second-order valence-corrected chi connectivity index (χ2v) is 8.43. The highest BCUT2D eigenvalue weighted by Crippen LogP contribution is 2.34. The molecule has 1 aromatic heterocycles. The van der Waals surface area contributed by atoms with E-state index in [1.165, 1.54) is 44.0 Å². The van der Waals surface area contributed by atoms with Crippen LogP contribution in [0.25, 0.3) is 11.1 Å². The molecule has 0 bridgehead atoms. The topological polar surface area (TPSA) is 86.6 Å². The number of pyridine rings is 1. The molecule has 3 rings (SSSR count). The molecule has 184 valence electrons. The van der Waals surface area contributed by atoms with Gasteiger partial charge >= 0.3 is 0 Å². The minimum absolute atomic E-state index is 0.176. The summed E-state index contributed by atoms with van der Waals surface area (Å²) >= 11 is 6.16. The molecule has 1 atom stereocenters. The van der Waals surface area contributed by atoms with Crippen molar-refractivity contribution in [2.24, 2.45) is 0 Å². The number of nitrogens with one attached hydrogen (secondary N) is 1. The highest BCUT2D eigenvalue weighted by molar-refractivity contribution is 6.31. The number of hydrogen-bond acceptors (Lipinski definition) is 5. The van der Waals surface area contributed by atoms with Crippen LogP contribution in [-0.4, -0.2) is 37.1 Å². The van der Waals surface area contributed by atoms with Gasteiger partial charge in [0.25, 0.3) is 5.56 Å². The lowest BCUT2D eigenvalue weighted by Crippen LogP contribution is -2.34. The van der Waals surface area contributed by atoms with Gasteiger partial charge < -0.3 is 14.8 Å². The van der Waals surface area contributed by atoms with E-state index in [1.54, 1.807) is 37.3 Å². The molecule has 1 unspecified atom stereocenters. The van der Waals surface area contributed by atoms with E-state index in [0.29, 0.717) is 27.3 Å². The van der Waals surface area contributed by atoms with Gasteiger partial charge in [-0.15, -0.1) is 0 Å². The molecule has 9 heteroatoms. The number of hydrogen-bond donors (Lipinski definition) is 1. The molecule has 35 heavy (non-hydrogen) atoms. The number of carbonyl (C=O) groups excluding carboxylic acids is 2. The number of anilines is 1. The maximum Gasteiger partial charge on any atom is 0.252 e. The predicted molar refractivity (Wildman–Crippen MR) is 133 cm³/mol. The Kier molecular flexibility index (Phi) is 8.43. The summed E-state index contributed by atoms with van der Waals surface area (Å²) in [6, 6.07) is 9.44. The molecule has 0 fully saturated rings. The molecule has 7 nitrogen and oxygen atoms in total. The first-order valence-electron chi connectivity index (χ1n) is 10.8. The first-order valence-corrected chi connectivity index (χ1v) is 11.2. The van der Waals surface area contributed by atoms with Crippen LogP contribution in [0, 0.1) is 12.7 Å². The van der Waals surface area contributed by atoms with Gasteiger partial charge in [0.2, 0.25) is 5.91 Å². The monoisotopic (exact) mass is 500 g/mol. The normalized spacial score (nSPS) is 11.7. The van der Waals surface area contributed by atoms with Crippen LogP contribution >= 0.6 is 11.6 Å². The molecule has 0 aliphatic carbocycles. The smallest absolute Gasteiger partial charge is 0.252 e. The average Bonchev–Trinajstić information content (AvgIpc) is 2.82. The second kappa shape index (κ2) is 11.3. The van der Waals surface area contributed by atoms with Crippen molar-refractivity contribution < 1.29 is 23.5 Å². The number of ether oxygens (including phenoxy) is 2. The average molecular weight is 501 g/mol. The van der Waals surface area contributed by atoms with Crippen molar-refractivity contribution in [1.29, 1.82) is 0 Å². The lowest BCUT2D eigenvalue weighted by atomic mass is 9.97. The van der Waals surface area contributed by atoms with E-state index >= 15 is 0 Å². The number of benzene rings is 2. The number of Topliss-reactive ketones (excluding diaryl/α,β-unsaturated/α-hetero) is 1. The third kappa shape index (κ3) is 5.96. The van der Waals surface area contributed by atoms with E-state index in [0.717, 1.165) is 0 Å². The Bertz CT molecular complexity index is 1320. The number of halogens is 2. The van der Waals surface area contributed by atoms with Crippen LogP contribution in [0.2, 0.25) is 5.02 Å². The summed E-state index contributed by atoms with van der Waals surface area (Å²) < 4.78 is 25.9. The standard InChI is InChI=1S/C26H26ClFN2O5/c1-15-5-7-18(12-22(15)28)29-26(33)23(9-10-34-3)30-14-24(35-4)21(13-25(30)32)20-11-17(27)6-8-19(20)16(2)31/h5-8,11-14,23H,9-10H2,1-4H3,(H,29,33). The van der Waals surface area contributed by atoms with Crippen LogP contribution < -0.4 is 15.6 Å². The van der Waals surface area contributed by atoms with Crippen LogP contribution in [0.3, 0.4) is 0 Å². The summed E-state index contributed by atoms with van der Waals surface area (Å²) in [6.45, 7) is 3.23. The summed E-state index contributed by atoms with van der Waals surface area (Å²) in [5.41, 5.74) is 1.40. The number of amides is 1. The Hall–Kier alpha value is -3.49. The Morgan fingerprint density at radius 1 is 1.11 bits per heavy atom. The molecule has 0 aliphatic heterocycles. The number of nitrogens with zero attached hydrogens (tertiary/aromatic N) is 1. The zero-order valence-corrected chi connectivity index (χ0v) is 20.6. The van der Waals surface area contributed by atoms with Crippen molar-refractivity contribution in [3.8, 4) is 16.9 Å². The highest BCUT2D eigenvalue weighted by Gasteiger charge is 2.24. The molecule has 0 spiro atoms. The van der Waals surface area contributed by atoms with Crippen molar-refractivity contribution in [3.05, 3.63) is 81.0 Å². The van der Waals surface area contributed by atoms with Crippen molar-refractivity contribution in [2.75, 3.05) is 26.1 Å². The Balaban J connectivity index is 2.08. The van der Waals surface area contributed by atoms with Gasteiger partial charge in [0.15, 0.2) is 5.78 Å². The summed E-state index contributed by atoms with van der Waals surface area (Å²) in [6.07, 6.45) is 1.59. The van der Waals surface area contributed by atoms with Gasteiger partial charge in [-0.1, -0.05) is 17.7 Å². The zero-order chi connectivity index (χ0) is 25.7. The number of carbonyl (C=O) groups is 2. The fraction of sp³-hybridized carbons (Fsp3) is 0.269. The molecule has 1 amide bonds. The van der Waals surface area contributed by atoms with Crippen molar-refractivity contribution in [1.82, 2.24) is 4.57 Å². The van der Waals surface area contributed by atoms with Gasteiger partial charge in [-0.25, -0.2) is 4.39 Å². The van der Waals surface area contributed by atoms with E-state index in [2.05, 4.69) is 5.32 Å². The molecule has 1 N–H and O–H groups in total. The van der Waals surface area contributed by atoms with Crippen LogP contribution in [-0.2, 0) is 9.53 Å². The largest absolute Gasteiger partial charge is 0.495 e. The predicted octanol–water partition coefficient (Wildman–Crippen LogP) is 5.04. The molecular weight excluding hydrogens is 475 g/mol. The molecular formula is C26H26ClFN2O5. The van der Waals surface area contributed by atoms with Crippen LogP contribution in [0.5, 0.6) is 5.75 Å². The van der Waals surface area contributed by atoms with E-state index in [4.69, 9.17) is 21.1 Å². The number of aryl methyl sites for hydroxylation is 1. The summed E-state index contributed by atoms with van der Waals surface area (Å²) in [4.78, 5) is 38.6. The molecule has 3 aromatic rings. The summed E-state index contributed by atoms with van der Waals surface area (Å²) in [7, 11) is 2.91. The lowest BCUT2D eigenvalue weighted by Gasteiger charge is -2.21. The molecule has 2 aromatic carbocycles. The Morgan fingerprint density at radius 2 is 1.86 bits per heavy atom. The molecule has 1 heterocycles. The summed E-state index contributed by atoms with van der Waals surface area (Å²) in [5, 5.41) is 3.05. The van der Waals surface area contributed by atoms with E-state index < -0.39 is 23.3 Å². The number of aromatic nitrogens is 1. The van der Waals surface area contributed by atoms with Crippen molar-refractivity contribution in [2.45, 2.75) is 26.3 Å². The molecule has 0 aliphatic rings. The minimum Gasteiger partial charge on any atom is -0.495 e. The first kappa shape index (κ1) is 26.1. The van der Waals surface area contributed by atoms with Gasteiger partial charge in [-0.05, 0) is 55.3 Å². The van der Waals surface area contributed by atoms with Crippen LogP contribution in [0.4, 0.5) is 10.1 Å². The second-order valence-electron chi connectivity index (χ2n) is 8.00. The highest BCUT2D eigenvalue weighted by atomic mass is 35.5. The summed E-state index contributed by atoms with van der Waals surface area (Å²) in [5.74, 6) is -0.909.